The highest BCUT2D eigenvalue weighted by molar-refractivity contribution is 5.97. The average molecular weight is 286 g/mol. The number of carbonyl (C=O) groups excluding carboxylic acids is 1. The molecule has 0 bridgehead atoms. The molecule has 3 N–H and O–H groups in total. The van der Waals surface area contributed by atoms with Gasteiger partial charge in [0, 0.05) is 13.2 Å². The van der Waals surface area contributed by atoms with Gasteiger partial charge in [-0.1, -0.05) is 30.3 Å². The van der Waals surface area contributed by atoms with Gasteiger partial charge >= 0.3 is 0 Å². The fraction of sp³-hybridized carbons (Fsp3) is 0.188. The van der Waals surface area contributed by atoms with Crippen LogP contribution in [0.25, 0.3) is 0 Å². The second-order valence-corrected chi connectivity index (χ2v) is 4.47. The topological polar surface area (TPSA) is 73.6 Å². The Hall–Kier alpha value is -2.53. The second kappa shape index (κ2) is 6.76. The van der Waals surface area contributed by atoms with Crippen LogP contribution in [0.5, 0.6) is 5.75 Å². The zero-order valence-corrected chi connectivity index (χ0v) is 12.0. The molecular weight excluding hydrogens is 268 g/mol. The van der Waals surface area contributed by atoms with E-state index in [2.05, 4.69) is 5.32 Å². The van der Waals surface area contributed by atoms with E-state index < -0.39 is 6.10 Å². The highest BCUT2D eigenvalue weighted by atomic mass is 16.5. The van der Waals surface area contributed by atoms with Crippen molar-refractivity contribution in [3.8, 4) is 5.75 Å². The van der Waals surface area contributed by atoms with Gasteiger partial charge in [-0.25, -0.2) is 0 Å². The van der Waals surface area contributed by atoms with Crippen LogP contribution in [0.3, 0.4) is 0 Å². The lowest BCUT2D eigenvalue weighted by atomic mass is 10.1. The van der Waals surface area contributed by atoms with Gasteiger partial charge in [0.05, 0.1) is 18.5 Å². The van der Waals surface area contributed by atoms with Gasteiger partial charge in [0.2, 0.25) is 0 Å². The Morgan fingerprint density at radius 1 is 1.14 bits per heavy atom. The molecule has 0 radical (unpaired) electrons. The van der Waals surface area contributed by atoms with Crippen LogP contribution in [0, 0.1) is 0 Å². The summed E-state index contributed by atoms with van der Waals surface area (Å²) >= 11 is 0. The first-order chi connectivity index (χ1) is 10.2. The number of nitrogen functional groups attached to an aromatic ring is 1. The smallest absolute Gasteiger partial charge is 0.258 e. The number of ether oxygens (including phenoxy) is 2. The second-order valence-electron chi connectivity index (χ2n) is 4.47. The maximum atomic E-state index is 12.4. The van der Waals surface area contributed by atoms with Crippen molar-refractivity contribution in [3.05, 3.63) is 54.1 Å². The number of methoxy groups -OCH3 is 2. The van der Waals surface area contributed by atoms with E-state index in [4.69, 9.17) is 15.2 Å². The molecule has 0 saturated heterocycles. The van der Waals surface area contributed by atoms with Crippen molar-refractivity contribution in [3.63, 3.8) is 0 Å². The fourth-order valence-electron chi connectivity index (χ4n) is 1.99. The Morgan fingerprint density at radius 3 is 2.48 bits per heavy atom. The van der Waals surface area contributed by atoms with Gasteiger partial charge in [-0.3, -0.25) is 4.79 Å². The third-order valence-electron chi connectivity index (χ3n) is 3.09. The van der Waals surface area contributed by atoms with Crippen molar-refractivity contribution < 1.29 is 14.3 Å². The van der Waals surface area contributed by atoms with E-state index in [0.29, 0.717) is 17.1 Å². The van der Waals surface area contributed by atoms with Crippen molar-refractivity contribution in [2.75, 3.05) is 25.3 Å². The van der Waals surface area contributed by atoms with Crippen molar-refractivity contribution >= 4 is 17.3 Å². The van der Waals surface area contributed by atoms with E-state index in [1.54, 1.807) is 25.3 Å². The molecule has 2 aromatic carbocycles. The number of amides is 1. The van der Waals surface area contributed by atoms with Crippen LogP contribution in [-0.4, -0.2) is 20.1 Å². The minimum Gasteiger partial charge on any atom is -0.497 e. The summed E-state index contributed by atoms with van der Waals surface area (Å²) in [5, 5.41) is 2.77. The molecule has 0 fully saturated rings. The van der Waals surface area contributed by atoms with Gasteiger partial charge in [-0.05, 0) is 17.7 Å². The molecule has 1 atom stereocenters. The van der Waals surface area contributed by atoms with Crippen LogP contribution in [0.4, 0.5) is 11.4 Å². The molecule has 0 heterocycles. The third-order valence-corrected chi connectivity index (χ3v) is 3.09. The molecule has 2 rings (SSSR count). The van der Waals surface area contributed by atoms with Gasteiger partial charge < -0.3 is 20.5 Å². The molecule has 1 amide bonds. The van der Waals surface area contributed by atoms with Crippen LogP contribution >= 0.6 is 0 Å². The van der Waals surface area contributed by atoms with E-state index in [1.807, 2.05) is 30.3 Å². The molecule has 1 unspecified atom stereocenters. The molecule has 0 aliphatic heterocycles. The van der Waals surface area contributed by atoms with Crippen molar-refractivity contribution in [2.45, 2.75) is 6.10 Å². The Labute approximate surface area is 123 Å². The first-order valence-corrected chi connectivity index (χ1v) is 6.48. The highest BCUT2D eigenvalue weighted by Crippen LogP contribution is 2.26. The maximum absolute atomic E-state index is 12.4. The average Bonchev–Trinajstić information content (AvgIpc) is 2.51. The Kier molecular flexibility index (Phi) is 4.79. The largest absolute Gasteiger partial charge is 0.497 e. The SMILES string of the molecule is COc1ccc(N)c(NC(=O)C(OC)c2ccccc2)c1. The summed E-state index contributed by atoms with van der Waals surface area (Å²) < 4.78 is 10.4. The molecule has 0 saturated carbocycles. The summed E-state index contributed by atoms with van der Waals surface area (Å²) in [7, 11) is 3.05. The van der Waals surface area contributed by atoms with Crippen LogP contribution in [-0.2, 0) is 9.53 Å². The maximum Gasteiger partial charge on any atom is 0.258 e. The molecule has 110 valence electrons. The molecule has 21 heavy (non-hydrogen) atoms. The Balaban J connectivity index is 2.20. The summed E-state index contributed by atoms with van der Waals surface area (Å²) in [5.74, 6) is 0.330. The summed E-state index contributed by atoms with van der Waals surface area (Å²) in [6, 6.07) is 14.3. The lowest BCUT2D eigenvalue weighted by molar-refractivity contribution is -0.126. The van der Waals surface area contributed by atoms with E-state index in [1.165, 1.54) is 7.11 Å². The fourth-order valence-corrected chi connectivity index (χ4v) is 1.99. The minimum atomic E-state index is -0.697. The Bertz CT molecular complexity index is 614. The molecule has 0 aliphatic rings. The van der Waals surface area contributed by atoms with Gasteiger partial charge in [-0.2, -0.15) is 0 Å². The van der Waals surface area contributed by atoms with E-state index in [0.717, 1.165) is 5.56 Å². The van der Waals surface area contributed by atoms with Crippen molar-refractivity contribution in [2.24, 2.45) is 0 Å². The molecule has 0 spiro atoms. The van der Waals surface area contributed by atoms with Crippen molar-refractivity contribution in [1.29, 1.82) is 0 Å². The summed E-state index contributed by atoms with van der Waals surface area (Å²) in [6.45, 7) is 0. The lowest BCUT2D eigenvalue weighted by Gasteiger charge is -2.17. The molecule has 0 aliphatic carbocycles. The third kappa shape index (κ3) is 3.52. The number of nitrogens with two attached hydrogens (primary N) is 1. The first kappa shape index (κ1) is 14.9. The number of anilines is 2. The standard InChI is InChI=1S/C16H18N2O3/c1-20-12-8-9-13(17)14(10-12)18-16(19)15(21-2)11-6-4-3-5-7-11/h3-10,15H,17H2,1-2H3,(H,18,19). The lowest BCUT2D eigenvalue weighted by Crippen LogP contribution is -2.23. The molecule has 2 aromatic rings. The number of hydrogen-bond donors (Lipinski definition) is 2. The molecular formula is C16H18N2O3. The van der Waals surface area contributed by atoms with E-state index in [-0.39, 0.29) is 5.91 Å². The van der Waals surface area contributed by atoms with Crippen LogP contribution in [0.15, 0.2) is 48.5 Å². The zero-order chi connectivity index (χ0) is 15.2. The summed E-state index contributed by atoms with van der Waals surface area (Å²) in [4.78, 5) is 12.4. The predicted molar refractivity (Wildman–Crippen MR) is 82.2 cm³/mol. The van der Waals surface area contributed by atoms with Crippen LogP contribution < -0.4 is 15.8 Å². The molecule has 5 heteroatoms. The van der Waals surface area contributed by atoms with Crippen LogP contribution in [0.2, 0.25) is 0 Å². The normalized spacial score (nSPS) is 11.7. The number of hydrogen-bond acceptors (Lipinski definition) is 4. The summed E-state index contributed by atoms with van der Waals surface area (Å²) in [6.07, 6.45) is -0.697. The number of benzene rings is 2. The zero-order valence-electron chi connectivity index (χ0n) is 12.0. The summed E-state index contributed by atoms with van der Waals surface area (Å²) in [5.41, 5.74) is 7.60. The first-order valence-electron chi connectivity index (χ1n) is 6.48. The van der Waals surface area contributed by atoms with Gasteiger partial charge in [0.25, 0.3) is 5.91 Å². The van der Waals surface area contributed by atoms with E-state index in [9.17, 15) is 4.79 Å². The number of carbonyl (C=O) groups is 1. The highest BCUT2D eigenvalue weighted by Gasteiger charge is 2.20. The van der Waals surface area contributed by atoms with Crippen LogP contribution in [0.1, 0.15) is 11.7 Å². The predicted octanol–water partition coefficient (Wildman–Crippen LogP) is 2.60. The molecule has 0 aromatic heterocycles. The molecule has 5 nitrogen and oxygen atoms in total. The minimum absolute atomic E-state index is 0.288. The van der Waals surface area contributed by atoms with Crippen molar-refractivity contribution in [1.82, 2.24) is 0 Å². The monoisotopic (exact) mass is 286 g/mol. The number of rotatable bonds is 5. The van der Waals surface area contributed by atoms with E-state index >= 15 is 0 Å². The van der Waals surface area contributed by atoms with Gasteiger partial charge in [-0.15, -0.1) is 0 Å². The van der Waals surface area contributed by atoms with Gasteiger partial charge in [0.1, 0.15) is 5.75 Å². The Morgan fingerprint density at radius 2 is 1.86 bits per heavy atom. The quantitative estimate of drug-likeness (QED) is 0.829. The number of nitrogens with one attached hydrogen (secondary N) is 1. The van der Waals surface area contributed by atoms with Gasteiger partial charge in [0.15, 0.2) is 6.10 Å².